The van der Waals surface area contributed by atoms with Crippen LogP contribution in [0.15, 0.2) is 35.7 Å². The Hall–Kier alpha value is -2.21. The summed E-state index contributed by atoms with van der Waals surface area (Å²) in [5.74, 6) is -0.735. The lowest BCUT2D eigenvalue weighted by molar-refractivity contribution is -0.128. The van der Waals surface area contributed by atoms with Crippen LogP contribution in [0.4, 0.5) is 0 Å². The largest absolute Gasteiger partial charge is 0.368 e. The van der Waals surface area contributed by atoms with E-state index in [9.17, 15) is 9.59 Å². The molecule has 0 bridgehead atoms. The van der Waals surface area contributed by atoms with Crippen molar-refractivity contribution in [3.8, 4) is 10.6 Å². The first kappa shape index (κ1) is 17.1. The predicted molar refractivity (Wildman–Crippen MR) is 91.8 cm³/mol. The Morgan fingerprint density at radius 3 is 2.61 bits per heavy atom. The molecule has 2 amide bonds. The lowest BCUT2D eigenvalue weighted by Gasteiger charge is -2.20. The Morgan fingerprint density at radius 2 is 2.00 bits per heavy atom. The second kappa shape index (κ2) is 7.87. The number of primary amides is 1. The van der Waals surface area contributed by atoms with Crippen LogP contribution in [0.25, 0.3) is 10.6 Å². The molecule has 1 aromatic carbocycles. The number of hydrogen-bond acceptors (Lipinski definition) is 4. The third-order valence-corrected chi connectivity index (χ3v) is 4.69. The number of benzene rings is 1. The van der Waals surface area contributed by atoms with Gasteiger partial charge in [0.25, 0.3) is 0 Å². The van der Waals surface area contributed by atoms with E-state index in [0.29, 0.717) is 5.69 Å². The van der Waals surface area contributed by atoms with Crippen molar-refractivity contribution in [2.24, 2.45) is 11.7 Å². The number of carbonyl (C=O) groups excluding carboxylic acids is 2. The number of nitrogens with two attached hydrogens (primary N) is 1. The molecule has 6 heteroatoms. The number of thiazole rings is 1. The summed E-state index contributed by atoms with van der Waals surface area (Å²) >= 11 is 1.50. The molecule has 0 radical (unpaired) electrons. The highest BCUT2D eigenvalue weighted by molar-refractivity contribution is 7.13. The monoisotopic (exact) mass is 331 g/mol. The van der Waals surface area contributed by atoms with E-state index < -0.39 is 11.9 Å². The number of nitrogens with zero attached hydrogens (tertiary/aromatic N) is 1. The maximum Gasteiger partial charge on any atom is 0.240 e. The second-order valence-corrected chi connectivity index (χ2v) is 6.38. The van der Waals surface area contributed by atoms with Crippen LogP contribution in [0, 0.1) is 5.92 Å². The van der Waals surface area contributed by atoms with Crippen molar-refractivity contribution in [2.75, 3.05) is 0 Å². The molecule has 0 spiro atoms. The first-order valence-corrected chi connectivity index (χ1v) is 8.47. The van der Waals surface area contributed by atoms with Crippen molar-refractivity contribution >= 4 is 23.2 Å². The van der Waals surface area contributed by atoms with Crippen LogP contribution < -0.4 is 11.1 Å². The second-order valence-electron chi connectivity index (χ2n) is 5.52. The highest BCUT2D eigenvalue weighted by Gasteiger charge is 2.23. The number of rotatable bonds is 7. The summed E-state index contributed by atoms with van der Waals surface area (Å²) in [5.41, 5.74) is 7.09. The SMILES string of the molecule is CCC(C)C(NC(=O)Cc1csc(-c2ccccc2)n1)C(N)=O. The zero-order valence-corrected chi connectivity index (χ0v) is 14.1. The fourth-order valence-corrected chi connectivity index (χ4v) is 3.05. The molecule has 23 heavy (non-hydrogen) atoms. The molecule has 0 aliphatic heterocycles. The molecule has 1 heterocycles. The van der Waals surface area contributed by atoms with Gasteiger partial charge in [0.1, 0.15) is 11.0 Å². The molecule has 0 aliphatic rings. The number of nitrogens with one attached hydrogen (secondary N) is 1. The molecule has 2 unspecified atom stereocenters. The topological polar surface area (TPSA) is 85.1 Å². The van der Waals surface area contributed by atoms with E-state index >= 15 is 0 Å². The van der Waals surface area contributed by atoms with Crippen molar-refractivity contribution in [1.29, 1.82) is 0 Å². The van der Waals surface area contributed by atoms with Crippen molar-refractivity contribution in [3.63, 3.8) is 0 Å². The quantitative estimate of drug-likeness (QED) is 0.817. The van der Waals surface area contributed by atoms with Crippen LogP contribution >= 0.6 is 11.3 Å². The lowest BCUT2D eigenvalue weighted by atomic mass is 9.98. The van der Waals surface area contributed by atoms with Crippen molar-refractivity contribution < 1.29 is 9.59 Å². The van der Waals surface area contributed by atoms with E-state index in [1.165, 1.54) is 11.3 Å². The molecule has 0 saturated heterocycles. The summed E-state index contributed by atoms with van der Waals surface area (Å²) in [5, 5.41) is 5.46. The normalized spacial score (nSPS) is 13.3. The number of carbonyl (C=O) groups is 2. The summed E-state index contributed by atoms with van der Waals surface area (Å²) < 4.78 is 0. The molecular formula is C17H21N3O2S. The van der Waals surface area contributed by atoms with E-state index in [1.807, 2.05) is 49.6 Å². The van der Waals surface area contributed by atoms with Gasteiger partial charge < -0.3 is 11.1 Å². The first-order chi connectivity index (χ1) is 11.0. The molecule has 0 aliphatic carbocycles. The molecular weight excluding hydrogens is 310 g/mol. The number of hydrogen-bond donors (Lipinski definition) is 2. The zero-order valence-electron chi connectivity index (χ0n) is 13.3. The third kappa shape index (κ3) is 4.63. The van der Waals surface area contributed by atoms with Gasteiger partial charge in [-0.05, 0) is 5.92 Å². The molecule has 3 N–H and O–H groups in total. The van der Waals surface area contributed by atoms with Crippen LogP contribution in [-0.2, 0) is 16.0 Å². The van der Waals surface area contributed by atoms with Crippen LogP contribution in [0.5, 0.6) is 0 Å². The zero-order chi connectivity index (χ0) is 16.8. The van der Waals surface area contributed by atoms with Gasteiger partial charge in [-0.1, -0.05) is 50.6 Å². The summed E-state index contributed by atoms with van der Waals surface area (Å²) in [6, 6.07) is 9.17. The van der Waals surface area contributed by atoms with Crippen molar-refractivity contribution in [1.82, 2.24) is 10.3 Å². The van der Waals surface area contributed by atoms with E-state index in [2.05, 4.69) is 10.3 Å². The van der Waals surface area contributed by atoms with Gasteiger partial charge in [0.2, 0.25) is 11.8 Å². The fraction of sp³-hybridized carbons (Fsp3) is 0.353. The summed E-state index contributed by atoms with van der Waals surface area (Å²) in [6.45, 7) is 3.85. The Bertz CT molecular complexity index is 669. The Labute approximate surface area is 139 Å². The third-order valence-electron chi connectivity index (χ3n) is 3.75. The van der Waals surface area contributed by atoms with Gasteiger partial charge >= 0.3 is 0 Å². The van der Waals surface area contributed by atoms with Crippen LogP contribution in [0.1, 0.15) is 26.0 Å². The van der Waals surface area contributed by atoms with E-state index in [0.717, 1.165) is 17.0 Å². The van der Waals surface area contributed by atoms with Gasteiger partial charge in [-0.25, -0.2) is 4.98 Å². The average molecular weight is 331 g/mol. The molecule has 2 atom stereocenters. The minimum absolute atomic E-state index is 0.00626. The van der Waals surface area contributed by atoms with Crippen LogP contribution in [0.2, 0.25) is 0 Å². The highest BCUT2D eigenvalue weighted by atomic mass is 32.1. The summed E-state index contributed by atoms with van der Waals surface area (Å²) in [7, 11) is 0. The van der Waals surface area contributed by atoms with E-state index in [4.69, 9.17) is 5.73 Å². The summed E-state index contributed by atoms with van der Waals surface area (Å²) in [4.78, 5) is 28.1. The Morgan fingerprint density at radius 1 is 1.30 bits per heavy atom. The van der Waals surface area contributed by atoms with Crippen molar-refractivity contribution in [2.45, 2.75) is 32.7 Å². The van der Waals surface area contributed by atoms with Gasteiger partial charge in [0.15, 0.2) is 0 Å². The van der Waals surface area contributed by atoms with E-state index in [1.54, 1.807) is 0 Å². The average Bonchev–Trinajstić information content (AvgIpc) is 3.01. The minimum Gasteiger partial charge on any atom is -0.368 e. The molecule has 5 nitrogen and oxygen atoms in total. The smallest absolute Gasteiger partial charge is 0.240 e. The maximum absolute atomic E-state index is 12.1. The number of amides is 2. The minimum atomic E-state index is -0.639. The molecule has 122 valence electrons. The van der Waals surface area contributed by atoms with Crippen LogP contribution in [-0.4, -0.2) is 22.8 Å². The summed E-state index contributed by atoms with van der Waals surface area (Å²) in [6.07, 6.45) is 0.909. The van der Waals surface area contributed by atoms with Crippen LogP contribution in [0.3, 0.4) is 0 Å². The van der Waals surface area contributed by atoms with Gasteiger partial charge in [-0.3, -0.25) is 9.59 Å². The fourth-order valence-electron chi connectivity index (χ4n) is 2.22. The Balaban J connectivity index is 2.01. The Kier molecular flexibility index (Phi) is 5.87. The highest BCUT2D eigenvalue weighted by Crippen LogP contribution is 2.23. The first-order valence-electron chi connectivity index (χ1n) is 7.59. The molecule has 1 aromatic heterocycles. The maximum atomic E-state index is 12.1. The molecule has 0 saturated carbocycles. The van der Waals surface area contributed by atoms with Gasteiger partial charge in [0.05, 0.1) is 12.1 Å². The lowest BCUT2D eigenvalue weighted by Crippen LogP contribution is -2.48. The predicted octanol–water partition coefficient (Wildman–Crippen LogP) is 2.37. The number of aromatic nitrogens is 1. The standard InChI is InChI=1S/C17H21N3O2S/c1-3-11(2)15(16(18)22)20-14(21)9-13-10-23-17(19-13)12-7-5-4-6-8-12/h4-8,10-11,15H,3,9H2,1-2H3,(H2,18,22)(H,20,21). The van der Waals surface area contributed by atoms with Gasteiger partial charge in [-0.2, -0.15) is 0 Å². The van der Waals surface area contributed by atoms with Crippen molar-refractivity contribution in [3.05, 3.63) is 41.4 Å². The molecule has 2 rings (SSSR count). The van der Waals surface area contributed by atoms with Gasteiger partial charge in [-0.15, -0.1) is 11.3 Å². The molecule has 2 aromatic rings. The molecule has 0 fully saturated rings. The van der Waals surface area contributed by atoms with E-state index in [-0.39, 0.29) is 18.2 Å². The van der Waals surface area contributed by atoms with Gasteiger partial charge in [0, 0.05) is 10.9 Å².